The van der Waals surface area contributed by atoms with Gasteiger partial charge in [-0.15, -0.1) is 0 Å². The van der Waals surface area contributed by atoms with Crippen LogP contribution < -0.4 is 0 Å². The zero-order valence-electron chi connectivity index (χ0n) is 10.7. The van der Waals surface area contributed by atoms with Gasteiger partial charge in [-0.2, -0.15) is 0 Å². The summed E-state index contributed by atoms with van der Waals surface area (Å²) in [6.07, 6.45) is 4.31. The van der Waals surface area contributed by atoms with Crippen LogP contribution in [0.2, 0.25) is 0 Å². The number of carboxylic acids is 1. The highest BCUT2D eigenvalue weighted by molar-refractivity contribution is 6.00. The number of carbonyl (C=O) groups is 1. The number of hydrogen-bond donors (Lipinski definition) is 1. The van der Waals surface area contributed by atoms with E-state index in [1.54, 1.807) is 18.5 Å². The molecular weight excluding hydrogens is 242 g/mol. The topological polar surface area (TPSA) is 58.4 Å². The van der Waals surface area contributed by atoms with Crippen LogP contribution in [0, 0.1) is 0 Å². The molecule has 5 nitrogen and oxygen atoms in total. The molecule has 0 amide bonds. The first-order valence-electron chi connectivity index (χ1n) is 6.65. The average Bonchev–Trinajstić information content (AvgIpc) is 3.05. The van der Waals surface area contributed by atoms with E-state index < -0.39 is 5.97 Å². The smallest absolute Gasteiger partial charge is 0.337 e. The third-order valence-corrected chi connectivity index (χ3v) is 3.74. The van der Waals surface area contributed by atoms with Crippen molar-refractivity contribution in [1.82, 2.24) is 14.5 Å². The summed E-state index contributed by atoms with van der Waals surface area (Å²) in [5, 5.41) is 9.14. The lowest BCUT2D eigenvalue weighted by molar-refractivity contribution is 0.0699. The van der Waals surface area contributed by atoms with Crippen molar-refractivity contribution in [3.8, 4) is 0 Å². The molecule has 1 fully saturated rings. The van der Waals surface area contributed by atoms with Crippen molar-refractivity contribution in [2.24, 2.45) is 0 Å². The Morgan fingerprint density at radius 1 is 1.26 bits per heavy atom. The number of para-hydroxylation sites is 1. The van der Waals surface area contributed by atoms with Crippen molar-refractivity contribution in [3.63, 3.8) is 0 Å². The van der Waals surface area contributed by atoms with Gasteiger partial charge in [0, 0.05) is 13.1 Å². The number of imidazole rings is 1. The molecule has 1 aliphatic heterocycles. The summed E-state index contributed by atoms with van der Waals surface area (Å²) in [4.78, 5) is 17.8. The SMILES string of the molecule is O=C(O)c1cccc2c1ncn2CCN1CCCC1. The maximum atomic E-state index is 11.1. The van der Waals surface area contributed by atoms with E-state index in [0.29, 0.717) is 5.52 Å². The zero-order valence-corrected chi connectivity index (χ0v) is 10.7. The minimum absolute atomic E-state index is 0.275. The molecule has 0 unspecified atom stereocenters. The third-order valence-electron chi connectivity index (χ3n) is 3.74. The van der Waals surface area contributed by atoms with Crippen molar-refractivity contribution in [2.75, 3.05) is 19.6 Å². The van der Waals surface area contributed by atoms with E-state index in [0.717, 1.165) is 18.6 Å². The first kappa shape index (κ1) is 12.2. The maximum Gasteiger partial charge on any atom is 0.337 e. The summed E-state index contributed by atoms with van der Waals surface area (Å²) in [6, 6.07) is 5.31. The van der Waals surface area contributed by atoms with Crippen LogP contribution in [0.25, 0.3) is 11.0 Å². The van der Waals surface area contributed by atoms with E-state index in [2.05, 4.69) is 9.88 Å². The van der Waals surface area contributed by atoms with Crippen LogP contribution >= 0.6 is 0 Å². The average molecular weight is 259 g/mol. The Kier molecular flexibility index (Phi) is 3.21. The number of nitrogens with zero attached hydrogens (tertiary/aromatic N) is 3. The first-order chi connectivity index (χ1) is 9.25. The number of hydrogen-bond acceptors (Lipinski definition) is 3. The highest BCUT2D eigenvalue weighted by Crippen LogP contribution is 2.18. The number of fused-ring (bicyclic) bond motifs is 1. The highest BCUT2D eigenvalue weighted by Gasteiger charge is 2.14. The summed E-state index contributed by atoms with van der Waals surface area (Å²) in [6.45, 7) is 4.21. The summed E-state index contributed by atoms with van der Waals surface area (Å²) in [7, 11) is 0. The minimum atomic E-state index is -0.921. The monoisotopic (exact) mass is 259 g/mol. The molecule has 100 valence electrons. The number of aromatic nitrogens is 2. The van der Waals surface area contributed by atoms with Crippen LogP contribution in [0.15, 0.2) is 24.5 Å². The number of rotatable bonds is 4. The van der Waals surface area contributed by atoms with Gasteiger partial charge < -0.3 is 14.6 Å². The Morgan fingerprint density at radius 2 is 2.05 bits per heavy atom. The van der Waals surface area contributed by atoms with Gasteiger partial charge in [0.15, 0.2) is 0 Å². The molecular formula is C14H17N3O2. The standard InChI is InChI=1S/C14H17N3O2/c18-14(19)11-4-3-5-12-13(11)15-10-17(12)9-8-16-6-1-2-7-16/h3-5,10H,1-2,6-9H2,(H,18,19). The maximum absolute atomic E-state index is 11.1. The fourth-order valence-corrected chi connectivity index (χ4v) is 2.69. The van der Waals surface area contributed by atoms with E-state index in [4.69, 9.17) is 5.11 Å². The molecule has 3 rings (SSSR count). The summed E-state index contributed by atoms with van der Waals surface area (Å²) in [5.41, 5.74) is 1.76. The van der Waals surface area contributed by atoms with Gasteiger partial charge in [-0.3, -0.25) is 0 Å². The molecule has 2 heterocycles. The Balaban J connectivity index is 1.84. The van der Waals surface area contributed by atoms with Gasteiger partial charge in [0.05, 0.1) is 17.4 Å². The van der Waals surface area contributed by atoms with Crippen molar-refractivity contribution in [2.45, 2.75) is 19.4 Å². The van der Waals surface area contributed by atoms with Gasteiger partial charge >= 0.3 is 5.97 Å². The van der Waals surface area contributed by atoms with E-state index >= 15 is 0 Å². The number of carboxylic acid groups (broad SMARTS) is 1. The lowest BCUT2D eigenvalue weighted by Crippen LogP contribution is -2.23. The largest absolute Gasteiger partial charge is 0.478 e. The van der Waals surface area contributed by atoms with E-state index in [-0.39, 0.29) is 5.56 Å². The van der Waals surface area contributed by atoms with Gasteiger partial charge in [-0.25, -0.2) is 9.78 Å². The van der Waals surface area contributed by atoms with E-state index in [1.807, 2.05) is 10.6 Å². The predicted molar refractivity (Wildman–Crippen MR) is 72.4 cm³/mol. The van der Waals surface area contributed by atoms with Crippen LogP contribution in [0.1, 0.15) is 23.2 Å². The lowest BCUT2D eigenvalue weighted by Gasteiger charge is -2.14. The fourth-order valence-electron chi connectivity index (χ4n) is 2.69. The molecule has 2 aromatic rings. The third kappa shape index (κ3) is 2.33. The molecule has 0 spiro atoms. The predicted octanol–water partition coefficient (Wildman–Crippen LogP) is 1.83. The zero-order chi connectivity index (χ0) is 13.2. The molecule has 1 N–H and O–H groups in total. The summed E-state index contributed by atoms with van der Waals surface area (Å²) < 4.78 is 2.04. The molecule has 0 atom stereocenters. The van der Waals surface area contributed by atoms with Crippen molar-refractivity contribution in [3.05, 3.63) is 30.1 Å². The molecule has 1 saturated heterocycles. The number of aromatic carboxylic acids is 1. The molecule has 1 aromatic carbocycles. The van der Waals surface area contributed by atoms with Crippen molar-refractivity contribution >= 4 is 17.0 Å². The normalized spacial score (nSPS) is 16.2. The van der Waals surface area contributed by atoms with Crippen LogP contribution in [0.5, 0.6) is 0 Å². The number of likely N-dealkylation sites (tertiary alicyclic amines) is 1. The molecule has 1 aromatic heterocycles. The number of benzene rings is 1. The highest BCUT2D eigenvalue weighted by atomic mass is 16.4. The second-order valence-electron chi connectivity index (χ2n) is 4.97. The molecule has 1 aliphatic rings. The quantitative estimate of drug-likeness (QED) is 0.910. The second kappa shape index (κ2) is 5.01. The summed E-state index contributed by atoms with van der Waals surface area (Å²) in [5.74, 6) is -0.921. The fraction of sp³-hybridized carbons (Fsp3) is 0.429. The van der Waals surface area contributed by atoms with Crippen molar-refractivity contribution in [1.29, 1.82) is 0 Å². The molecule has 0 saturated carbocycles. The Hall–Kier alpha value is -1.88. The first-order valence-corrected chi connectivity index (χ1v) is 6.65. The molecule has 0 aliphatic carbocycles. The van der Waals surface area contributed by atoms with Gasteiger partial charge in [0.2, 0.25) is 0 Å². The minimum Gasteiger partial charge on any atom is -0.478 e. The van der Waals surface area contributed by atoms with E-state index in [1.165, 1.54) is 25.9 Å². The molecule has 19 heavy (non-hydrogen) atoms. The van der Waals surface area contributed by atoms with Gasteiger partial charge in [-0.1, -0.05) is 6.07 Å². The Labute approximate surface area is 111 Å². The van der Waals surface area contributed by atoms with Gasteiger partial charge in [0.25, 0.3) is 0 Å². The Morgan fingerprint density at radius 3 is 2.79 bits per heavy atom. The lowest BCUT2D eigenvalue weighted by atomic mass is 10.2. The van der Waals surface area contributed by atoms with Crippen LogP contribution in [-0.4, -0.2) is 45.2 Å². The summed E-state index contributed by atoms with van der Waals surface area (Å²) >= 11 is 0. The van der Waals surface area contributed by atoms with Crippen LogP contribution in [0.4, 0.5) is 0 Å². The molecule has 0 radical (unpaired) electrons. The van der Waals surface area contributed by atoms with Crippen LogP contribution in [0.3, 0.4) is 0 Å². The van der Waals surface area contributed by atoms with Crippen LogP contribution in [-0.2, 0) is 6.54 Å². The van der Waals surface area contributed by atoms with Crippen molar-refractivity contribution < 1.29 is 9.90 Å². The molecule has 5 heteroatoms. The van der Waals surface area contributed by atoms with Gasteiger partial charge in [-0.05, 0) is 38.1 Å². The molecule has 0 bridgehead atoms. The van der Waals surface area contributed by atoms with Gasteiger partial charge in [0.1, 0.15) is 5.52 Å². The van der Waals surface area contributed by atoms with E-state index in [9.17, 15) is 4.79 Å². The second-order valence-corrected chi connectivity index (χ2v) is 4.97. The Bertz CT molecular complexity index is 600.